The molecule has 0 aliphatic heterocycles. The van der Waals surface area contributed by atoms with Crippen molar-refractivity contribution in [1.82, 2.24) is 20.2 Å². The second-order valence-electron chi connectivity index (χ2n) is 3.24. The number of hydrogen-bond donors (Lipinski definition) is 0. The SMILES string of the molecule is CCCCc1nnnn1C(C)C. The van der Waals surface area contributed by atoms with Crippen LogP contribution in [-0.4, -0.2) is 20.2 Å². The molecule has 0 aromatic carbocycles. The summed E-state index contributed by atoms with van der Waals surface area (Å²) < 4.78 is 1.88. The van der Waals surface area contributed by atoms with Gasteiger partial charge in [-0.2, -0.15) is 0 Å². The molecule has 12 heavy (non-hydrogen) atoms. The number of rotatable bonds is 4. The summed E-state index contributed by atoms with van der Waals surface area (Å²) in [7, 11) is 0. The Morgan fingerprint density at radius 2 is 2.17 bits per heavy atom. The molecule has 0 bridgehead atoms. The van der Waals surface area contributed by atoms with E-state index in [9.17, 15) is 0 Å². The van der Waals surface area contributed by atoms with Crippen LogP contribution in [0, 0.1) is 0 Å². The van der Waals surface area contributed by atoms with Crippen LogP contribution in [0.25, 0.3) is 0 Å². The van der Waals surface area contributed by atoms with Crippen LogP contribution in [0.3, 0.4) is 0 Å². The van der Waals surface area contributed by atoms with E-state index in [0.29, 0.717) is 6.04 Å². The van der Waals surface area contributed by atoms with E-state index in [1.807, 2.05) is 4.68 Å². The van der Waals surface area contributed by atoms with Crippen molar-refractivity contribution in [2.75, 3.05) is 0 Å². The third-order valence-electron chi connectivity index (χ3n) is 1.80. The van der Waals surface area contributed by atoms with Crippen molar-refractivity contribution in [1.29, 1.82) is 0 Å². The van der Waals surface area contributed by atoms with Crippen LogP contribution in [0.1, 0.15) is 45.5 Å². The van der Waals surface area contributed by atoms with Gasteiger partial charge in [-0.25, -0.2) is 4.68 Å². The average molecular weight is 168 g/mol. The molecule has 1 aromatic heterocycles. The summed E-state index contributed by atoms with van der Waals surface area (Å²) in [4.78, 5) is 0. The fourth-order valence-corrected chi connectivity index (χ4v) is 1.11. The second-order valence-corrected chi connectivity index (χ2v) is 3.24. The summed E-state index contributed by atoms with van der Waals surface area (Å²) in [5.41, 5.74) is 0. The standard InChI is InChI=1S/C8H16N4/c1-4-5-6-8-9-10-11-12(8)7(2)3/h7H,4-6H2,1-3H3. The van der Waals surface area contributed by atoms with E-state index in [2.05, 4.69) is 36.3 Å². The molecule has 1 rings (SSSR count). The highest BCUT2D eigenvalue weighted by Crippen LogP contribution is 2.06. The Labute approximate surface area is 73.0 Å². The molecular weight excluding hydrogens is 152 g/mol. The van der Waals surface area contributed by atoms with E-state index in [1.165, 1.54) is 6.42 Å². The van der Waals surface area contributed by atoms with Gasteiger partial charge in [0.1, 0.15) is 0 Å². The van der Waals surface area contributed by atoms with Crippen LogP contribution in [0.4, 0.5) is 0 Å². The lowest BCUT2D eigenvalue weighted by atomic mass is 10.2. The topological polar surface area (TPSA) is 43.6 Å². The van der Waals surface area contributed by atoms with E-state index in [-0.39, 0.29) is 0 Å². The van der Waals surface area contributed by atoms with Crippen LogP contribution in [0.2, 0.25) is 0 Å². The minimum absolute atomic E-state index is 0.367. The van der Waals surface area contributed by atoms with E-state index < -0.39 is 0 Å². The predicted octanol–water partition coefficient (Wildman–Crippen LogP) is 1.60. The Bertz CT molecular complexity index is 229. The zero-order valence-corrected chi connectivity index (χ0v) is 7.99. The Hall–Kier alpha value is -0.930. The van der Waals surface area contributed by atoms with Gasteiger partial charge in [-0.1, -0.05) is 13.3 Å². The highest BCUT2D eigenvalue weighted by molar-refractivity contribution is 4.82. The first-order valence-corrected chi connectivity index (χ1v) is 4.52. The maximum atomic E-state index is 3.98. The number of aryl methyl sites for hydroxylation is 1. The molecule has 0 fully saturated rings. The molecule has 0 amide bonds. The second kappa shape index (κ2) is 4.18. The lowest BCUT2D eigenvalue weighted by molar-refractivity contribution is 0.489. The molecule has 0 spiro atoms. The lowest BCUT2D eigenvalue weighted by Crippen LogP contribution is -2.08. The maximum Gasteiger partial charge on any atom is 0.151 e. The van der Waals surface area contributed by atoms with Crippen LogP contribution in [-0.2, 0) is 6.42 Å². The molecule has 0 unspecified atom stereocenters. The Morgan fingerprint density at radius 3 is 2.75 bits per heavy atom. The molecule has 4 nitrogen and oxygen atoms in total. The van der Waals surface area contributed by atoms with Crippen LogP contribution in [0.15, 0.2) is 0 Å². The third-order valence-corrected chi connectivity index (χ3v) is 1.80. The van der Waals surface area contributed by atoms with Crippen molar-refractivity contribution < 1.29 is 0 Å². The molecule has 0 saturated heterocycles. The maximum absolute atomic E-state index is 3.98. The van der Waals surface area contributed by atoms with Gasteiger partial charge in [-0.15, -0.1) is 5.10 Å². The van der Waals surface area contributed by atoms with E-state index in [4.69, 9.17) is 0 Å². The Kier molecular flexibility index (Phi) is 3.19. The molecule has 0 N–H and O–H groups in total. The Morgan fingerprint density at radius 1 is 1.42 bits per heavy atom. The molecule has 1 aromatic rings. The van der Waals surface area contributed by atoms with Crippen molar-refractivity contribution in [2.24, 2.45) is 0 Å². The summed E-state index contributed by atoms with van der Waals surface area (Å²) >= 11 is 0. The molecule has 1 heterocycles. The summed E-state index contributed by atoms with van der Waals surface area (Å²) in [6.45, 7) is 6.35. The molecular formula is C8H16N4. The van der Waals surface area contributed by atoms with E-state index >= 15 is 0 Å². The number of aromatic nitrogens is 4. The summed E-state index contributed by atoms with van der Waals surface area (Å²) in [5.74, 6) is 1.01. The molecule has 0 saturated carbocycles. The first-order chi connectivity index (χ1) is 5.75. The van der Waals surface area contributed by atoms with Crippen molar-refractivity contribution in [3.63, 3.8) is 0 Å². The van der Waals surface area contributed by atoms with Gasteiger partial charge in [0, 0.05) is 6.42 Å². The fourth-order valence-electron chi connectivity index (χ4n) is 1.11. The summed E-state index contributed by atoms with van der Waals surface area (Å²) in [6.07, 6.45) is 3.33. The van der Waals surface area contributed by atoms with Crippen molar-refractivity contribution in [2.45, 2.75) is 46.1 Å². The van der Waals surface area contributed by atoms with Crippen LogP contribution >= 0.6 is 0 Å². The van der Waals surface area contributed by atoms with Gasteiger partial charge in [0.15, 0.2) is 5.82 Å². The summed E-state index contributed by atoms with van der Waals surface area (Å²) in [6, 6.07) is 0.367. The minimum Gasteiger partial charge on any atom is -0.227 e. The highest BCUT2D eigenvalue weighted by Gasteiger charge is 2.07. The molecule has 4 heteroatoms. The normalized spacial score (nSPS) is 11.0. The predicted molar refractivity (Wildman–Crippen MR) is 46.8 cm³/mol. The minimum atomic E-state index is 0.367. The van der Waals surface area contributed by atoms with Gasteiger partial charge in [0.25, 0.3) is 0 Å². The fraction of sp³-hybridized carbons (Fsp3) is 0.875. The van der Waals surface area contributed by atoms with Gasteiger partial charge >= 0.3 is 0 Å². The van der Waals surface area contributed by atoms with Crippen molar-refractivity contribution in [3.8, 4) is 0 Å². The monoisotopic (exact) mass is 168 g/mol. The van der Waals surface area contributed by atoms with Crippen molar-refractivity contribution >= 4 is 0 Å². The number of nitrogens with zero attached hydrogens (tertiary/aromatic N) is 4. The lowest BCUT2D eigenvalue weighted by Gasteiger charge is -2.06. The van der Waals surface area contributed by atoms with E-state index in [0.717, 1.165) is 18.7 Å². The molecule has 68 valence electrons. The molecule has 0 aliphatic rings. The highest BCUT2D eigenvalue weighted by atomic mass is 15.5. The number of hydrogen-bond acceptors (Lipinski definition) is 3. The zero-order valence-electron chi connectivity index (χ0n) is 7.99. The quantitative estimate of drug-likeness (QED) is 0.685. The van der Waals surface area contributed by atoms with Crippen LogP contribution in [0.5, 0.6) is 0 Å². The molecule has 0 atom stereocenters. The van der Waals surface area contributed by atoms with Gasteiger partial charge < -0.3 is 0 Å². The summed E-state index contributed by atoms with van der Waals surface area (Å²) in [5, 5.41) is 11.6. The molecule has 0 aliphatic carbocycles. The first kappa shape index (κ1) is 9.16. The van der Waals surface area contributed by atoms with Gasteiger partial charge in [0.2, 0.25) is 0 Å². The smallest absolute Gasteiger partial charge is 0.151 e. The largest absolute Gasteiger partial charge is 0.227 e. The molecule has 0 radical (unpaired) electrons. The zero-order chi connectivity index (χ0) is 8.97. The third kappa shape index (κ3) is 2.03. The van der Waals surface area contributed by atoms with Gasteiger partial charge in [-0.05, 0) is 30.7 Å². The van der Waals surface area contributed by atoms with Gasteiger partial charge in [-0.3, -0.25) is 0 Å². The van der Waals surface area contributed by atoms with Crippen LogP contribution < -0.4 is 0 Å². The average Bonchev–Trinajstić information content (AvgIpc) is 2.48. The number of tetrazole rings is 1. The number of unbranched alkanes of at least 4 members (excludes halogenated alkanes) is 1. The van der Waals surface area contributed by atoms with Crippen molar-refractivity contribution in [3.05, 3.63) is 5.82 Å². The first-order valence-electron chi connectivity index (χ1n) is 4.52. The van der Waals surface area contributed by atoms with Gasteiger partial charge in [0.05, 0.1) is 6.04 Å². The van der Waals surface area contributed by atoms with E-state index in [1.54, 1.807) is 0 Å². The Balaban J connectivity index is 2.64.